The minimum Gasteiger partial charge on any atom is -0.466 e. The second-order valence-electron chi connectivity index (χ2n) is 3.74. The van der Waals surface area contributed by atoms with E-state index in [2.05, 4.69) is 4.98 Å². The molecule has 0 fully saturated rings. The van der Waals surface area contributed by atoms with E-state index < -0.39 is 11.9 Å². The van der Waals surface area contributed by atoms with Gasteiger partial charge in [-0.2, -0.15) is 0 Å². The summed E-state index contributed by atoms with van der Waals surface area (Å²) in [6.45, 7) is 2.02. The normalized spacial score (nSPS) is 13.7. The molecule has 2 heterocycles. The first-order valence-electron chi connectivity index (χ1n) is 5.61. The fourth-order valence-electron chi connectivity index (χ4n) is 1.77. The van der Waals surface area contributed by atoms with Gasteiger partial charge in [0, 0.05) is 18.9 Å². The van der Waals surface area contributed by atoms with E-state index in [1.165, 1.54) is 18.5 Å². The number of fused-ring (bicyclic) bond motifs is 1. The molecule has 0 spiro atoms. The number of nitrogens with zero attached hydrogens (tertiary/aromatic N) is 2. The Balaban J connectivity index is 2.07. The average Bonchev–Trinajstić information content (AvgIpc) is 2.61. The Morgan fingerprint density at radius 1 is 1.33 bits per heavy atom. The van der Waals surface area contributed by atoms with Gasteiger partial charge < -0.3 is 4.74 Å². The van der Waals surface area contributed by atoms with Crippen LogP contribution >= 0.6 is 0 Å². The van der Waals surface area contributed by atoms with Crippen LogP contribution < -0.4 is 0 Å². The highest BCUT2D eigenvalue weighted by Crippen LogP contribution is 2.21. The van der Waals surface area contributed by atoms with Gasteiger partial charge >= 0.3 is 5.97 Å². The number of esters is 1. The smallest absolute Gasteiger partial charge is 0.307 e. The van der Waals surface area contributed by atoms with E-state index in [1.807, 2.05) is 0 Å². The van der Waals surface area contributed by atoms with Gasteiger partial charge in [0.2, 0.25) is 0 Å². The van der Waals surface area contributed by atoms with Crippen molar-refractivity contribution in [2.24, 2.45) is 0 Å². The van der Waals surface area contributed by atoms with E-state index in [0.29, 0.717) is 5.56 Å². The molecule has 18 heavy (non-hydrogen) atoms. The number of rotatable bonds is 4. The fraction of sp³-hybridized carbons (Fsp3) is 0.333. The van der Waals surface area contributed by atoms with Crippen LogP contribution in [0.25, 0.3) is 0 Å². The van der Waals surface area contributed by atoms with Crippen LogP contribution in [0.15, 0.2) is 18.5 Å². The Hall–Kier alpha value is -2.24. The molecule has 6 nitrogen and oxygen atoms in total. The lowest BCUT2D eigenvalue weighted by Crippen LogP contribution is -2.32. The summed E-state index contributed by atoms with van der Waals surface area (Å²) in [7, 11) is 0. The van der Waals surface area contributed by atoms with E-state index in [4.69, 9.17) is 4.74 Å². The van der Waals surface area contributed by atoms with Crippen LogP contribution in [0.4, 0.5) is 0 Å². The number of amides is 2. The van der Waals surface area contributed by atoms with Crippen LogP contribution in [0.2, 0.25) is 0 Å². The van der Waals surface area contributed by atoms with Gasteiger partial charge in [-0.15, -0.1) is 0 Å². The minimum absolute atomic E-state index is 0.00668. The number of imide groups is 1. The van der Waals surface area contributed by atoms with E-state index in [1.54, 1.807) is 6.92 Å². The van der Waals surface area contributed by atoms with Gasteiger partial charge in [-0.3, -0.25) is 24.3 Å². The van der Waals surface area contributed by atoms with E-state index in [9.17, 15) is 14.4 Å². The molecule has 1 aromatic heterocycles. The summed E-state index contributed by atoms with van der Waals surface area (Å²) in [5.41, 5.74) is 0.616. The first-order chi connectivity index (χ1) is 8.65. The molecule has 0 aromatic carbocycles. The first-order valence-corrected chi connectivity index (χ1v) is 5.61. The number of hydrogen-bond donors (Lipinski definition) is 0. The molecule has 0 saturated carbocycles. The maximum absolute atomic E-state index is 11.9. The third-order valence-electron chi connectivity index (χ3n) is 2.62. The van der Waals surface area contributed by atoms with Crippen LogP contribution in [0.5, 0.6) is 0 Å². The second-order valence-corrected chi connectivity index (χ2v) is 3.74. The van der Waals surface area contributed by atoms with Crippen molar-refractivity contribution < 1.29 is 19.1 Å². The topological polar surface area (TPSA) is 76.6 Å². The fourth-order valence-corrected chi connectivity index (χ4v) is 1.77. The van der Waals surface area contributed by atoms with Gasteiger partial charge in [0.1, 0.15) is 0 Å². The zero-order valence-corrected chi connectivity index (χ0v) is 9.88. The number of carbonyl (C=O) groups is 3. The Bertz CT molecular complexity index is 478. The van der Waals surface area contributed by atoms with Gasteiger partial charge in [0.15, 0.2) is 0 Å². The molecule has 6 heteroatoms. The lowest BCUT2D eigenvalue weighted by atomic mass is 10.2. The second kappa shape index (κ2) is 4.95. The molecule has 0 N–H and O–H groups in total. The van der Waals surface area contributed by atoms with Crippen molar-refractivity contribution in [2.45, 2.75) is 13.3 Å². The van der Waals surface area contributed by atoms with Crippen molar-refractivity contribution >= 4 is 17.8 Å². The number of ether oxygens (including phenoxy) is 1. The van der Waals surface area contributed by atoms with Crippen LogP contribution in [0.1, 0.15) is 34.1 Å². The van der Waals surface area contributed by atoms with Crippen molar-refractivity contribution in [3.63, 3.8) is 0 Å². The van der Waals surface area contributed by atoms with Crippen molar-refractivity contribution in [1.82, 2.24) is 9.88 Å². The zero-order chi connectivity index (χ0) is 13.1. The summed E-state index contributed by atoms with van der Waals surface area (Å²) >= 11 is 0. The highest BCUT2D eigenvalue weighted by Gasteiger charge is 2.35. The molecule has 0 atom stereocenters. The molecule has 0 radical (unpaired) electrons. The summed E-state index contributed by atoms with van der Waals surface area (Å²) in [5.74, 6) is -1.22. The predicted octanol–water partition coefficient (Wildman–Crippen LogP) is 0.631. The number of hydrogen-bond acceptors (Lipinski definition) is 5. The highest BCUT2D eigenvalue weighted by molar-refractivity contribution is 6.21. The maximum atomic E-state index is 11.9. The van der Waals surface area contributed by atoms with Gasteiger partial charge in [-0.05, 0) is 13.0 Å². The number of pyridine rings is 1. The molecule has 1 aliphatic heterocycles. The molecule has 2 amide bonds. The average molecular weight is 248 g/mol. The molecule has 0 bridgehead atoms. The van der Waals surface area contributed by atoms with Gasteiger partial charge in [0.05, 0.1) is 24.2 Å². The summed E-state index contributed by atoms with van der Waals surface area (Å²) in [6, 6.07) is 1.50. The Kier molecular flexibility index (Phi) is 3.36. The lowest BCUT2D eigenvalue weighted by molar-refractivity contribution is -0.143. The Morgan fingerprint density at radius 2 is 2.06 bits per heavy atom. The molecule has 0 unspecified atom stereocenters. The quantitative estimate of drug-likeness (QED) is 0.577. The number of aromatic nitrogens is 1. The first kappa shape index (κ1) is 12.2. The van der Waals surface area contributed by atoms with Crippen molar-refractivity contribution in [3.05, 3.63) is 29.6 Å². The Labute approximate surface area is 104 Å². The molecule has 0 aliphatic carbocycles. The molecular weight excluding hydrogens is 236 g/mol. The van der Waals surface area contributed by atoms with E-state index >= 15 is 0 Å². The van der Waals surface area contributed by atoms with Crippen LogP contribution in [-0.4, -0.2) is 40.8 Å². The van der Waals surface area contributed by atoms with E-state index in [0.717, 1.165) is 4.90 Å². The minimum atomic E-state index is -0.424. The van der Waals surface area contributed by atoms with Crippen LogP contribution in [0.3, 0.4) is 0 Å². The lowest BCUT2D eigenvalue weighted by Gasteiger charge is -2.12. The van der Waals surface area contributed by atoms with Gasteiger partial charge in [-0.1, -0.05) is 0 Å². The zero-order valence-electron chi connectivity index (χ0n) is 9.88. The van der Waals surface area contributed by atoms with E-state index in [-0.39, 0.29) is 31.0 Å². The molecule has 1 aromatic rings. The standard InChI is InChI=1S/C12H12N2O4/c1-2-18-10(15)4-6-14-11(16)8-3-5-13-7-9(8)12(14)17/h3,5,7H,2,4,6H2,1H3. The van der Waals surface area contributed by atoms with Crippen LogP contribution in [0, 0.1) is 0 Å². The third-order valence-corrected chi connectivity index (χ3v) is 2.62. The Morgan fingerprint density at radius 3 is 2.72 bits per heavy atom. The molecule has 0 saturated heterocycles. The summed E-state index contributed by atoms with van der Waals surface area (Å²) in [5, 5.41) is 0. The summed E-state index contributed by atoms with van der Waals surface area (Å²) in [4.78, 5) is 39.8. The highest BCUT2D eigenvalue weighted by atomic mass is 16.5. The third kappa shape index (κ3) is 2.09. The number of carbonyl (C=O) groups excluding carboxylic acids is 3. The molecule has 2 rings (SSSR count). The maximum Gasteiger partial charge on any atom is 0.307 e. The van der Waals surface area contributed by atoms with Gasteiger partial charge in [0.25, 0.3) is 11.8 Å². The van der Waals surface area contributed by atoms with Gasteiger partial charge in [-0.25, -0.2) is 0 Å². The predicted molar refractivity (Wildman–Crippen MR) is 60.9 cm³/mol. The van der Waals surface area contributed by atoms with Crippen LogP contribution in [-0.2, 0) is 9.53 Å². The van der Waals surface area contributed by atoms with Crippen molar-refractivity contribution in [3.8, 4) is 0 Å². The monoisotopic (exact) mass is 248 g/mol. The molecule has 1 aliphatic rings. The molecule has 94 valence electrons. The SMILES string of the molecule is CCOC(=O)CCN1C(=O)c2ccncc2C1=O. The summed E-state index contributed by atoms with van der Waals surface area (Å²) in [6.07, 6.45) is 2.82. The molecular formula is C12H12N2O4. The van der Waals surface area contributed by atoms with Crippen molar-refractivity contribution in [2.75, 3.05) is 13.2 Å². The van der Waals surface area contributed by atoms with Crippen molar-refractivity contribution in [1.29, 1.82) is 0 Å². The largest absolute Gasteiger partial charge is 0.466 e. The summed E-state index contributed by atoms with van der Waals surface area (Å²) < 4.78 is 4.75.